The molecule has 0 aliphatic rings. The SMILES string of the molecule is CCCCC(C(=O)O)[n+]1c(/C=C/C=C/Nc2ccccc2)sc2ccccc21.[Br-]. The van der Waals surface area contributed by atoms with Gasteiger partial charge in [-0.05, 0) is 30.7 Å². The van der Waals surface area contributed by atoms with E-state index in [4.69, 9.17) is 0 Å². The quantitative estimate of drug-likeness (QED) is 0.371. The van der Waals surface area contributed by atoms with Crippen LogP contribution in [0.5, 0.6) is 0 Å². The van der Waals surface area contributed by atoms with Crippen LogP contribution in [-0.2, 0) is 4.79 Å². The molecule has 1 unspecified atom stereocenters. The number of aromatic nitrogens is 1. The van der Waals surface area contributed by atoms with Gasteiger partial charge in [0.05, 0.1) is 0 Å². The predicted octanol–water partition coefficient (Wildman–Crippen LogP) is 2.65. The first-order valence-electron chi connectivity index (χ1n) is 9.51. The summed E-state index contributed by atoms with van der Waals surface area (Å²) in [6.45, 7) is 2.08. The van der Waals surface area contributed by atoms with Gasteiger partial charge in [-0.3, -0.25) is 0 Å². The zero-order valence-corrected chi connectivity index (χ0v) is 18.7. The van der Waals surface area contributed by atoms with Crippen LogP contribution in [0.4, 0.5) is 5.69 Å². The van der Waals surface area contributed by atoms with Crippen LogP contribution in [0.1, 0.15) is 37.2 Å². The first-order valence-corrected chi connectivity index (χ1v) is 10.3. The van der Waals surface area contributed by atoms with E-state index in [-0.39, 0.29) is 17.0 Å². The Balaban J connectivity index is 0.00000300. The molecule has 0 saturated carbocycles. The maximum Gasteiger partial charge on any atom is 0.373 e. The van der Waals surface area contributed by atoms with Gasteiger partial charge in [0.25, 0.3) is 11.0 Å². The Kier molecular flexibility index (Phi) is 9.09. The Labute approximate surface area is 186 Å². The van der Waals surface area contributed by atoms with Crippen molar-refractivity contribution in [2.24, 2.45) is 0 Å². The van der Waals surface area contributed by atoms with Gasteiger partial charge in [-0.15, -0.1) is 0 Å². The number of anilines is 1. The average Bonchev–Trinajstić information content (AvgIpc) is 3.07. The number of hydrogen-bond donors (Lipinski definition) is 2. The van der Waals surface area contributed by atoms with E-state index < -0.39 is 12.0 Å². The number of thiazole rings is 1. The van der Waals surface area contributed by atoms with Crippen molar-refractivity contribution >= 4 is 39.3 Å². The molecule has 0 amide bonds. The fourth-order valence-electron chi connectivity index (χ4n) is 3.09. The van der Waals surface area contributed by atoms with Crippen molar-refractivity contribution in [2.75, 3.05) is 5.32 Å². The third-order valence-electron chi connectivity index (χ3n) is 4.47. The first-order chi connectivity index (χ1) is 13.7. The molecule has 3 aromatic rings. The molecule has 152 valence electrons. The third-order valence-corrected chi connectivity index (χ3v) is 5.58. The monoisotopic (exact) mass is 472 g/mol. The number of rotatable bonds is 9. The van der Waals surface area contributed by atoms with Crippen molar-refractivity contribution in [3.8, 4) is 0 Å². The standard InChI is InChI=1S/C23H24N2O2S.BrH/c1-2-3-13-20(23(26)27)25-19-14-7-8-15-21(19)28-22(25)16-9-10-17-24-18-11-5-4-6-12-18;/h4-12,14-17,20H,2-3,13H2,1H3,(H,26,27);1H. The minimum Gasteiger partial charge on any atom is -1.00 e. The summed E-state index contributed by atoms with van der Waals surface area (Å²) in [6, 6.07) is 17.4. The fourth-order valence-corrected chi connectivity index (χ4v) is 4.20. The summed E-state index contributed by atoms with van der Waals surface area (Å²) in [7, 11) is 0. The van der Waals surface area contributed by atoms with E-state index in [1.165, 1.54) is 0 Å². The second kappa shape index (κ2) is 11.5. The molecule has 0 aliphatic heterocycles. The van der Waals surface area contributed by atoms with E-state index in [9.17, 15) is 9.90 Å². The van der Waals surface area contributed by atoms with Gasteiger partial charge >= 0.3 is 5.97 Å². The van der Waals surface area contributed by atoms with Gasteiger partial charge in [-0.25, -0.2) is 4.79 Å². The molecule has 29 heavy (non-hydrogen) atoms. The molecular weight excluding hydrogens is 448 g/mol. The number of carboxylic acids is 1. The van der Waals surface area contributed by atoms with Gasteiger partial charge < -0.3 is 27.4 Å². The first kappa shape index (κ1) is 22.8. The highest BCUT2D eigenvalue weighted by molar-refractivity contribution is 7.18. The van der Waals surface area contributed by atoms with Gasteiger partial charge in [-0.2, -0.15) is 4.57 Å². The summed E-state index contributed by atoms with van der Waals surface area (Å²) in [4.78, 5) is 12.0. The highest BCUT2D eigenvalue weighted by atomic mass is 79.9. The lowest BCUT2D eigenvalue weighted by atomic mass is 10.1. The van der Waals surface area contributed by atoms with Crippen molar-refractivity contribution in [2.45, 2.75) is 32.2 Å². The van der Waals surface area contributed by atoms with Crippen molar-refractivity contribution in [3.05, 3.63) is 78.0 Å². The molecule has 1 aromatic heterocycles. The predicted molar refractivity (Wildman–Crippen MR) is 116 cm³/mol. The van der Waals surface area contributed by atoms with E-state index in [0.717, 1.165) is 33.8 Å². The molecule has 0 radical (unpaired) electrons. The number of carbonyl (C=O) groups is 1. The van der Waals surface area contributed by atoms with Crippen molar-refractivity contribution in [3.63, 3.8) is 0 Å². The van der Waals surface area contributed by atoms with Crippen LogP contribution in [-0.4, -0.2) is 11.1 Å². The summed E-state index contributed by atoms with van der Waals surface area (Å²) < 4.78 is 3.06. The van der Waals surface area contributed by atoms with E-state index in [1.807, 2.05) is 83.6 Å². The van der Waals surface area contributed by atoms with Gasteiger partial charge in [0.1, 0.15) is 4.70 Å². The van der Waals surface area contributed by atoms with Crippen LogP contribution in [0.15, 0.2) is 72.9 Å². The Morgan fingerprint density at radius 3 is 2.59 bits per heavy atom. The summed E-state index contributed by atoms with van der Waals surface area (Å²) in [6.07, 6.45) is 10.2. The number of nitrogens with one attached hydrogen (secondary N) is 1. The topological polar surface area (TPSA) is 53.2 Å². The van der Waals surface area contributed by atoms with E-state index in [1.54, 1.807) is 11.3 Å². The Morgan fingerprint density at radius 2 is 1.86 bits per heavy atom. The molecule has 0 aliphatic carbocycles. The summed E-state index contributed by atoms with van der Waals surface area (Å²) in [5.41, 5.74) is 2.00. The number of halogens is 1. The molecule has 3 rings (SSSR count). The zero-order chi connectivity index (χ0) is 19.8. The van der Waals surface area contributed by atoms with E-state index in [2.05, 4.69) is 12.2 Å². The normalized spacial score (nSPS) is 12.3. The van der Waals surface area contributed by atoms with Gasteiger partial charge in [0.15, 0.2) is 0 Å². The highest BCUT2D eigenvalue weighted by Gasteiger charge is 2.33. The lowest BCUT2D eigenvalue weighted by Crippen LogP contribution is -3.00. The molecule has 2 aromatic carbocycles. The number of hydrogen-bond acceptors (Lipinski definition) is 3. The number of allylic oxidation sites excluding steroid dienone is 2. The molecule has 1 atom stereocenters. The number of carboxylic acid groups (broad SMARTS) is 1. The molecule has 0 saturated heterocycles. The summed E-state index contributed by atoms with van der Waals surface area (Å²) >= 11 is 1.62. The largest absolute Gasteiger partial charge is 1.00 e. The number of fused-ring (bicyclic) bond motifs is 1. The molecule has 0 spiro atoms. The Morgan fingerprint density at radius 1 is 1.14 bits per heavy atom. The molecule has 0 bridgehead atoms. The lowest BCUT2D eigenvalue weighted by Gasteiger charge is -2.07. The van der Waals surface area contributed by atoms with Gasteiger partial charge in [0, 0.05) is 30.5 Å². The average molecular weight is 473 g/mol. The van der Waals surface area contributed by atoms with Crippen molar-refractivity contribution in [1.82, 2.24) is 0 Å². The van der Waals surface area contributed by atoms with Crippen LogP contribution in [0.25, 0.3) is 16.3 Å². The number of unbranched alkanes of at least 4 members (excludes halogenated alkanes) is 1. The second-order valence-corrected chi connectivity index (χ2v) is 7.57. The molecule has 0 fully saturated rings. The minimum atomic E-state index is -0.780. The van der Waals surface area contributed by atoms with Crippen LogP contribution in [0.3, 0.4) is 0 Å². The van der Waals surface area contributed by atoms with Crippen molar-refractivity contribution in [1.29, 1.82) is 0 Å². The number of aliphatic carboxylic acids is 1. The third kappa shape index (κ3) is 6.02. The van der Waals surface area contributed by atoms with Crippen LogP contribution in [0.2, 0.25) is 0 Å². The summed E-state index contributed by atoms with van der Waals surface area (Å²) in [5, 5.41) is 14.0. The minimum absolute atomic E-state index is 0. The maximum atomic E-state index is 12.0. The molecular formula is C23H25BrN2O2S. The maximum absolute atomic E-state index is 12.0. The van der Waals surface area contributed by atoms with Crippen molar-refractivity contribution < 1.29 is 31.4 Å². The zero-order valence-electron chi connectivity index (χ0n) is 16.3. The van der Waals surface area contributed by atoms with Gasteiger partial charge in [0.2, 0.25) is 5.52 Å². The van der Waals surface area contributed by atoms with E-state index >= 15 is 0 Å². The molecule has 6 heteroatoms. The number of benzene rings is 2. The van der Waals surface area contributed by atoms with Crippen LogP contribution >= 0.6 is 11.3 Å². The fraction of sp³-hybridized carbons (Fsp3) is 0.217. The molecule has 4 nitrogen and oxygen atoms in total. The smallest absolute Gasteiger partial charge is 0.373 e. The van der Waals surface area contributed by atoms with Gasteiger partial charge in [-0.1, -0.05) is 61.1 Å². The van der Waals surface area contributed by atoms with Crippen LogP contribution in [0, 0.1) is 0 Å². The number of para-hydroxylation sites is 2. The molecule has 1 heterocycles. The highest BCUT2D eigenvalue weighted by Crippen LogP contribution is 2.25. The van der Waals surface area contributed by atoms with E-state index in [0.29, 0.717) is 6.42 Å². The lowest BCUT2D eigenvalue weighted by molar-refractivity contribution is -0.684. The summed E-state index contributed by atoms with van der Waals surface area (Å²) in [5.74, 6) is -0.780. The second-order valence-electron chi connectivity index (χ2n) is 6.50. The molecule has 2 N–H and O–H groups in total. The Bertz CT molecular complexity index is 983. The Hall–Kier alpha value is -2.44. The van der Waals surface area contributed by atoms with Crippen LogP contribution < -0.4 is 26.9 Å². The number of nitrogens with zero attached hydrogens (tertiary/aromatic N) is 1.